The Hall–Kier alpha value is -2.90. The molecule has 3 aromatic rings. The summed E-state index contributed by atoms with van der Waals surface area (Å²) in [5.41, 5.74) is 0.149. The van der Waals surface area contributed by atoms with Gasteiger partial charge in [-0.25, -0.2) is 9.78 Å². The smallest absolute Gasteiger partial charge is 0.411 e. The van der Waals surface area contributed by atoms with Gasteiger partial charge >= 0.3 is 6.09 Å². The molecule has 0 aliphatic carbocycles. The van der Waals surface area contributed by atoms with Crippen molar-refractivity contribution < 1.29 is 14.3 Å². The fraction of sp³-hybridized carbons (Fsp3) is 0.348. The van der Waals surface area contributed by atoms with Crippen LogP contribution in [-0.2, 0) is 9.47 Å². The van der Waals surface area contributed by atoms with Crippen molar-refractivity contribution in [3.05, 3.63) is 69.7 Å². The summed E-state index contributed by atoms with van der Waals surface area (Å²) in [5, 5.41) is 0.660. The van der Waals surface area contributed by atoms with E-state index in [1.807, 2.05) is 51.1 Å². The fourth-order valence-corrected chi connectivity index (χ4v) is 3.86. The zero-order valence-corrected chi connectivity index (χ0v) is 18.4. The lowest BCUT2D eigenvalue weighted by Crippen LogP contribution is -2.47. The second kappa shape index (κ2) is 8.32. The first-order valence-electron chi connectivity index (χ1n) is 10.1. The summed E-state index contributed by atoms with van der Waals surface area (Å²) in [4.78, 5) is 32.9. The summed E-state index contributed by atoms with van der Waals surface area (Å²) in [6.07, 6.45) is -0.471. The van der Waals surface area contributed by atoms with Crippen molar-refractivity contribution in [2.75, 3.05) is 19.8 Å². The highest BCUT2D eigenvalue weighted by Crippen LogP contribution is 2.28. The molecule has 0 saturated carbocycles. The van der Waals surface area contributed by atoms with Crippen LogP contribution in [0.15, 0.2) is 53.3 Å². The topological polar surface area (TPSA) is 73.7 Å². The van der Waals surface area contributed by atoms with E-state index in [1.54, 1.807) is 23.1 Å². The molecule has 7 nitrogen and oxygen atoms in total. The van der Waals surface area contributed by atoms with E-state index >= 15 is 0 Å². The minimum Gasteiger partial charge on any atom is -0.444 e. The second-order valence-electron chi connectivity index (χ2n) is 8.34. The standard InChI is InChI=1S/C23H24ClN3O4/c1-23(2,3)31-22(29)26-12-13-30-14-18(26)20-25-17-11-7-10-16(24)19(17)21(28)27(20)15-8-5-4-6-9-15/h4-11,18H,12-14H2,1-3H3/t18-/m0/s1. The predicted octanol–water partition coefficient (Wildman–Crippen LogP) is 4.35. The third-order valence-corrected chi connectivity index (χ3v) is 5.26. The lowest BCUT2D eigenvalue weighted by atomic mass is 10.1. The Morgan fingerprint density at radius 2 is 1.90 bits per heavy atom. The van der Waals surface area contributed by atoms with Gasteiger partial charge in [0.25, 0.3) is 5.56 Å². The van der Waals surface area contributed by atoms with E-state index in [4.69, 9.17) is 26.1 Å². The maximum Gasteiger partial charge on any atom is 0.411 e. The number of nitrogens with zero attached hydrogens (tertiary/aromatic N) is 3. The van der Waals surface area contributed by atoms with Crippen LogP contribution in [0.5, 0.6) is 0 Å². The van der Waals surface area contributed by atoms with Crippen LogP contribution in [0.1, 0.15) is 32.6 Å². The van der Waals surface area contributed by atoms with Crippen molar-refractivity contribution in [2.45, 2.75) is 32.4 Å². The minimum atomic E-state index is -0.649. The maximum absolute atomic E-state index is 13.6. The van der Waals surface area contributed by atoms with Crippen LogP contribution in [0.3, 0.4) is 0 Å². The van der Waals surface area contributed by atoms with Gasteiger partial charge in [0, 0.05) is 6.54 Å². The van der Waals surface area contributed by atoms with Crippen LogP contribution in [0, 0.1) is 0 Å². The van der Waals surface area contributed by atoms with Gasteiger partial charge in [0.1, 0.15) is 17.5 Å². The molecule has 2 aromatic carbocycles. The largest absolute Gasteiger partial charge is 0.444 e. The molecule has 0 bridgehead atoms. The van der Waals surface area contributed by atoms with Crippen molar-refractivity contribution in [2.24, 2.45) is 0 Å². The number of benzene rings is 2. The number of hydrogen-bond acceptors (Lipinski definition) is 5. The average molecular weight is 442 g/mol. The highest BCUT2D eigenvalue weighted by molar-refractivity contribution is 6.35. The summed E-state index contributed by atoms with van der Waals surface area (Å²) in [5.74, 6) is 0.400. The number of halogens is 1. The van der Waals surface area contributed by atoms with E-state index < -0.39 is 17.7 Å². The molecule has 4 rings (SSSR count). The molecule has 162 valence electrons. The van der Waals surface area contributed by atoms with Gasteiger partial charge in [-0.1, -0.05) is 35.9 Å². The van der Waals surface area contributed by atoms with Crippen molar-refractivity contribution in [1.82, 2.24) is 14.5 Å². The molecule has 0 N–H and O–H groups in total. The number of fused-ring (bicyclic) bond motifs is 1. The van der Waals surface area contributed by atoms with Crippen LogP contribution in [0.4, 0.5) is 4.79 Å². The molecular weight excluding hydrogens is 418 g/mol. The van der Waals surface area contributed by atoms with Crippen molar-refractivity contribution in [3.63, 3.8) is 0 Å². The van der Waals surface area contributed by atoms with Gasteiger partial charge < -0.3 is 9.47 Å². The van der Waals surface area contributed by atoms with Gasteiger partial charge in [-0.15, -0.1) is 0 Å². The summed E-state index contributed by atoms with van der Waals surface area (Å²) < 4.78 is 12.8. The molecule has 31 heavy (non-hydrogen) atoms. The molecule has 1 saturated heterocycles. The lowest BCUT2D eigenvalue weighted by molar-refractivity contribution is -0.0355. The summed E-state index contributed by atoms with van der Waals surface area (Å²) in [6, 6.07) is 13.7. The molecular formula is C23H24ClN3O4. The molecule has 1 atom stereocenters. The van der Waals surface area contributed by atoms with E-state index in [9.17, 15) is 9.59 Å². The van der Waals surface area contributed by atoms with Gasteiger partial charge in [0.2, 0.25) is 0 Å². The molecule has 1 aliphatic rings. The SMILES string of the molecule is CC(C)(C)OC(=O)N1CCOC[C@H]1c1nc2cccc(Cl)c2c(=O)n1-c1ccccc1. The zero-order valence-electron chi connectivity index (χ0n) is 17.7. The van der Waals surface area contributed by atoms with Crippen LogP contribution in [0.25, 0.3) is 16.6 Å². The van der Waals surface area contributed by atoms with Gasteiger partial charge in [-0.3, -0.25) is 14.3 Å². The molecule has 1 aromatic heterocycles. The van der Waals surface area contributed by atoms with E-state index in [1.165, 1.54) is 4.57 Å². The van der Waals surface area contributed by atoms with Crippen LogP contribution in [-0.4, -0.2) is 45.9 Å². The Balaban J connectivity index is 1.93. The molecule has 1 aliphatic heterocycles. The average Bonchev–Trinajstić information content (AvgIpc) is 2.73. The van der Waals surface area contributed by atoms with Crippen LogP contribution >= 0.6 is 11.6 Å². The molecule has 2 heterocycles. The van der Waals surface area contributed by atoms with Crippen LogP contribution in [0.2, 0.25) is 5.02 Å². The summed E-state index contributed by atoms with van der Waals surface area (Å²) in [7, 11) is 0. The van der Waals surface area contributed by atoms with Crippen molar-refractivity contribution in [1.29, 1.82) is 0 Å². The minimum absolute atomic E-state index is 0.199. The van der Waals surface area contributed by atoms with E-state index in [0.29, 0.717) is 40.6 Å². The molecule has 0 unspecified atom stereocenters. The third-order valence-electron chi connectivity index (χ3n) is 4.94. The maximum atomic E-state index is 13.6. The number of aromatic nitrogens is 2. The normalized spacial score (nSPS) is 17.0. The first-order chi connectivity index (χ1) is 14.8. The third kappa shape index (κ3) is 4.29. The summed E-state index contributed by atoms with van der Waals surface area (Å²) in [6.45, 7) is 6.36. The number of para-hydroxylation sites is 1. The molecule has 8 heteroatoms. The second-order valence-corrected chi connectivity index (χ2v) is 8.75. The molecule has 0 spiro atoms. The highest BCUT2D eigenvalue weighted by atomic mass is 35.5. The Labute approximate surface area is 185 Å². The lowest BCUT2D eigenvalue weighted by Gasteiger charge is -2.37. The molecule has 1 fully saturated rings. The first-order valence-corrected chi connectivity index (χ1v) is 10.5. The Bertz CT molecular complexity index is 1170. The highest BCUT2D eigenvalue weighted by Gasteiger charge is 2.35. The quantitative estimate of drug-likeness (QED) is 0.591. The number of carbonyl (C=O) groups excluding carboxylic acids is 1. The van der Waals surface area contributed by atoms with Gasteiger partial charge in [0.05, 0.1) is 34.8 Å². The van der Waals surface area contributed by atoms with Crippen LogP contribution < -0.4 is 5.56 Å². The fourth-order valence-electron chi connectivity index (χ4n) is 3.61. The van der Waals surface area contributed by atoms with Gasteiger partial charge in [-0.05, 0) is 45.0 Å². The summed E-state index contributed by atoms with van der Waals surface area (Å²) >= 11 is 6.35. The number of hydrogen-bond donors (Lipinski definition) is 0. The number of rotatable bonds is 2. The number of ether oxygens (including phenoxy) is 2. The van der Waals surface area contributed by atoms with Gasteiger partial charge in [0.15, 0.2) is 0 Å². The predicted molar refractivity (Wildman–Crippen MR) is 119 cm³/mol. The number of morpholine rings is 1. The monoisotopic (exact) mass is 441 g/mol. The number of amides is 1. The first kappa shape index (κ1) is 21.3. The Morgan fingerprint density at radius 3 is 2.61 bits per heavy atom. The Morgan fingerprint density at radius 1 is 1.16 bits per heavy atom. The molecule has 0 radical (unpaired) electrons. The van der Waals surface area contributed by atoms with Crippen molar-refractivity contribution in [3.8, 4) is 5.69 Å². The van der Waals surface area contributed by atoms with E-state index in [2.05, 4.69) is 0 Å². The van der Waals surface area contributed by atoms with E-state index in [0.717, 1.165) is 0 Å². The van der Waals surface area contributed by atoms with Crippen molar-refractivity contribution >= 4 is 28.6 Å². The number of carbonyl (C=O) groups is 1. The Kier molecular flexibility index (Phi) is 5.73. The molecule has 1 amide bonds. The zero-order chi connectivity index (χ0) is 22.2. The van der Waals surface area contributed by atoms with E-state index in [-0.39, 0.29) is 12.2 Å². The van der Waals surface area contributed by atoms with Gasteiger partial charge in [-0.2, -0.15) is 0 Å².